The number of halogens is 1. The molecule has 0 bridgehead atoms. The molecule has 0 spiro atoms. The smallest absolute Gasteiger partial charge is 0.124 e. The molecule has 0 aliphatic rings. The van der Waals surface area contributed by atoms with Crippen molar-refractivity contribution in [2.24, 2.45) is 0 Å². The molecule has 1 atom stereocenters. The lowest BCUT2D eigenvalue weighted by atomic mass is 10.1. The molecule has 0 unspecified atom stereocenters. The third-order valence-electron chi connectivity index (χ3n) is 1.98. The van der Waals surface area contributed by atoms with E-state index in [-0.39, 0.29) is 11.9 Å². The first-order valence-electron chi connectivity index (χ1n) is 4.05. The van der Waals surface area contributed by atoms with Gasteiger partial charge in [0.2, 0.25) is 0 Å². The second-order valence-electron chi connectivity index (χ2n) is 2.90. The standard InChI is InChI=1S/C10H11FN2/c1-7(13-2)9-3-8(6-12)4-10(11)5-9/h3-5,7,13H,1-2H3/t7-/m1/s1. The van der Waals surface area contributed by atoms with Crippen LogP contribution in [0.25, 0.3) is 0 Å². The molecule has 0 saturated heterocycles. The van der Waals surface area contributed by atoms with E-state index in [4.69, 9.17) is 5.26 Å². The molecule has 0 saturated carbocycles. The largest absolute Gasteiger partial charge is 0.313 e. The van der Waals surface area contributed by atoms with Crippen molar-refractivity contribution < 1.29 is 4.39 Å². The Morgan fingerprint density at radius 1 is 1.46 bits per heavy atom. The zero-order valence-corrected chi connectivity index (χ0v) is 7.63. The lowest BCUT2D eigenvalue weighted by molar-refractivity contribution is 0.608. The Morgan fingerprint density at radius 2 is 2.15 bits per heavy atom. The van der Waals surface area contributed by atoms with E-state index in [1.54, 1.807) is 13.1 Å². The van der Waals surface area contributed by atoms with Gasteiger partial charge in [-0.05, 0) is 37.7 Å². The van der Waals surface area contributed by atoms with Gasteiger partial charge in [-0.3, -0.25) is 0 Å². The maximum absolute atomic E-state index is 12.9. The number of nitrogens with one attached hydrogen (secondary N) is 1. The molecule has 1 N–H and O–H groups in total. The van der Waals surface area contributed by atoms with E-state index in [0.29, 0.717) is 5.56 Å². The van der Waals surface area contributed by atoms with E-state index in [1.807, 2.05) is 13.0 Å². The fourth-order valence-electron chi connectivity index (χ4n) is 1.09. The van der Waals surface area contributed by atoms with Crippen LogP contribution in [0.15, 0.2) is 18.2 Å². The maximum Gasteiger partial charge on any atom is 0.124 e. The van der Waals surface area contributed by atoms with Gasteiger partial charge in [-0.1, -0.05) is 0 Å². The van der Waals surface area contributed by atoms with Crippen molar-refractivity contribution in [2.45, 2.75) is 13.0 Å². The summed E-state index contributed by atoms with van der Waals surface area (Å²) in [6.07, 6.45) is 0. The van der Waals surface area contributed by atoms with Gasteiger partial charge >= 0.3 is 0 Å². The highest BCUT2D eigenvalue weighted by Gasteiger charge is 2.05. The second kappa shape index (κ2) is 4.01. The second-order valence-corrected chi connectivity index (χ2v) is 2.90. The Hall–Kier alpha value is -1.40. The van der Waals surface area contributed by atoms with Crippen molar-refractivity contribution in [1.29, 1.82) is 5.26 Å². The lowest BCUT2D eigenvalue weighted by Gasteiger charge is -2.10. The minimum Gasteiger partial charge on any atom is -0.313 e. The number of nitriles is 1. The highest BCUT2D eigenvalue weighted by molar-refractivity contribution is 5.34. The van der Waals surface area contributed by atoms with E-state index in [9.17, 15) is 4.39 Å². The summed E-state index contributed by atoms with van der Waals surface area (Å²) in [7, 11) is 1.79. The molecule has 0 aliphatic heterocycles. The summed E-state index contributed by atoms with van der Waals surface area (Å²) < 4.78 is 12.9. The zero-order valence-electron chi connectivity index (χ0n) is 7.63. The number of nitrogens with zero attached hydrogens (tertiary/aromatic N) is 1. The topological polar surface area (TPSA) is 35.8 Å². The Kier molecular flexibility index (Phi) is 2.99. The molecule has 0 heterocycles. The van der Waals surface area contributed by atoms with E-state index in [1.165, 1.54) is 12.1 Å². The van der Waals surface area contributed by atoms with E-state index in [2.05, 4.69) is 5.32 Å². The first-order chi connectivity index (χ1) is 6.17. The van der Waals surface area contributed by atoms with E-state index < -0.39 is 0 Å². The zero-order chi connectivity index (χ0) is 9.84. The molecule has 3 heteroatoms. The van der Waals surface area contributed by atoms with Gasteiger partial charge in [-0.15, -0.1) is 0 Å². The van der Waals surface area contributed by atoms with Crippen LogP contribution >= 0.6 is 0 Å². The summed E-state index contributed by atoms with van der Waals surface area (Å²) in [5.74, 6) is -0.365. The van der Waals surface area contributed by atoms with Gasteiger partial charge in [-0.2, -0.15) is 5.26 Å². The molecular weight excluding hydrogens is 167 g/mol. The molecule has 1 rings (SSSR count). The van der Waals surface area contributed by atoms with E-state index in [0.717, 1.165) is 5.56 Å². The van der Waals surface area contributed by atoms with Gasteiger partial charge in [0.05, 0.1) is 11.6 Å². The Morgan fingerprint density at radius 3 is 2.69 bits per heavy atom. The number of rotatable bonds is 2. The van der Waals surface area contributed by atoms with Crippen LogP contribution in [0.3, 0.4) is 0 Å². The van der Waals surface area contributed by atoms with E-state index >= 15 is 0 Å². The lowest BCUT2D eigenvalue weighted by Crippen LogP contribution is -2.12. The number of hydrogen-bond donors (Lipinski definition) is 1. The number of hydrogen-bond acceptors (Lipinski definition) is 2. The minimum absolute atomic E-state index is 0.0581. The van der Waals surface area contributed by atoms with Gasteiger partial charge < -0.3 is 5.32 Å². The van der Waals surface area contributed by atoms with Gasteiger partial charge in [0.25, 0.3) is 0 Å². The Bertz CT molecular complexity index is 341. The fraction of sp³-hybridized carbons (Fsp3) is 0.300. The Balaban J connectivity index is 3.10. The molecule has 2 nitrogen and oxygen atoms in total. The molecule has 0 fully saturated rings. The highest BCUT2D eigenvalue weighted by Crippen LogP contribution is 2.15. The summed E-state index contributed by atoms with van der Waals surface area (Å²) in [6.45, 7) is 1.91. The van der Waals surface area contributed by atoms with Crippen molar-refractivity contribution >= 4 is 0 Å². The van der Waals surface area contributed by atoms with Gasteiger partial charge in [0, 0.05) is 6.04 Å². The molecular formula is C10H11FN2. The van der Waals surface area contributed by atoms with Crippen LogP contribution in [0.4, 0.5) is 4.39 Å². The average Bonchev–Trinajstić information content (AvgIpc) is 2.15. The van der Waals surface area contributed by atoms with Crippen LogP contribution in [-0.2, 0) is 0 Å². The summed E-state index contributed by atoms with van der Waals surface area (Å²) in [6, 6.07) is 6.32. The molecule has 0 aliphatic carbocycles. The maximum atomic E-state index is 12.9. The molecule has 0 amide bonds. The van der Waals surface area contributed by atoms with Crippen LogP contribution in [0.1, 0.15) is 24.1 Å². The first kappa shape index (κ1) is 9.69. The SMILES string of the molecule is CN[C@H](C)c1cc(F)cc(C#N)c1. The quantitative estimate of drug-likeness (QED) is 0.751. The van der Waals surface area contributed by atoms with Gasteiger partial charge in [0.1, 0.15) is 5.82 Å². The monoisotopic (exact) mass is 178 g/mol. The first-order valence-corrected chi connectivity index (χ1v) is 4.05. The van der Waals surface area contributed by atoms with Gasteiger partial charge in [-0.25, -0.2) is 4.39 Å². The summed E-state index contributed by atoms with van der Waals surface area (Å²) in [5.41, 5.74) is 1.15. The molecule has 1 aromatic rings. The van der Waals surface area contributed by atoms with Crippen LogP contribution in [0, 0.1) is 17.1 Å². The van der Waals surface area contributed by atoms with Gasteiger partial charge in [0.15, 0.2) is 0 Å². The van der Waals surface area contributed by atoms with Crippen molar-refractivity contribution in [3.8, 4) is 6.07 Å². The predicted octanol–water partition coefficient (Wildman–Crippen LogP) is 1.98. The summed E-state index contributed by atoms with van der Waals surface area (Å²) in [4.78, 5) is 0. The Labute approximate surface area is 77.0 Å². The van der Waals surface area contributed by atoms with Crippen LogP contribution in [-0.4, -0.2) is 7.05 Å². The average molecular weight is 178 g/mol. The minimum atomic E-state index is -0.365. The highest BCUT2D eigenvalue weighted by atomic mass is 19.1. The summed E-state index contributed by atoms with van der Waals surface area (Å²) >= 11 is 0. The van der Waals surface area contributed by atoms with Crippen molar-refractivity contribution in [1.82, 2.24) is 5.32 Å². The predicted molar refractivity (Wildman–Crippen MR) is 48.6 cm³/mol. The molecule has 13 heavy (non-hydrogen) atoms. The van der Waals surface area contributed by atoms with Crippen molar-refractivity contribution in [3.63, 3.8) is 0 Å². The van der Waals surface area contributed by atoms with Crippen LogP contribution in [0.5, 0.6) is 0 Å². The van der Waals surface area contributed by atoms with Crippen molar-refractivity contribution in [3.05, 3.63) is 35.1 Å². The third-order valence-corrected chi connectivity index (χ3v) is 1.98. The van der Waals surface area contributed by atoms with Crippen LogP contribution in [0.2, 0.25) is 0 Å². The molecule has 0 aromatic heterocycles. The fourth-order valence-corrected chi connectivity index (χ4v) is 1.09. The molecule has 0 radical (unpaired) electrons. The normalized spacial score (nSPS) is 12.2. The number of benzene rings is 1. The molecule has 1 aromatic carbocycles. The molecule has 68 valence electrons. The van der Waals surface area contributed by atoms with Crippen LogP contribution < -0.4 is 5.32 Å². The van der Waals surface area contributed by atoms with Crippen molar-refractivity contribution in [2.75, 3.05) is 7.05 Å². The third kappa shape index (κ3) is 2.27. The summed E-state index contributed by atoms with van der Waals surface area (Å²) in [5, 5.41) is 11.6.